The van der Waals surface area contributed by atoms with Crippen molar-refractivity contribution >= 4 is 11.7 Å². The number of amides is 1. The Labute approximate surface area is 146 Å². The first-order valence-electron chi connectivity index (χ1n) is 8.40. The largest absolute Gasteiger partial charge is 0.375 e. The van der Waals surface area contributed by atoms with Crippen LogP contribution >= 0.6 is 0 Å². The van der Waals surface area contributed by atoms with Gasteiger partial charge in [-0.25, -0.2) is 4.98 Å². The zero-order valence-corrected chi connectivity index (χ0v) is 14.8. The second-order valence-corrected chi connectivity index (χ2v) is 6.24. The van der Waals surface area contributed by atoms with Gasteiger partial charge in [0.15, 0.2) is 5.82 Å². The average Bonchev–Trinajstić information content (AvgIpc) is 3.04. The molecule has 1 aliphatic heterocycles. The fourth-order valence-corrected chi connectivity index (χ4v) is 2.78. The summed E-state index contributed by atoms with van der Waals surface area (Å²) in [6.07, 6.45) is 2.40. The van der Waals surface area contributed by atoms with Gasteiger partial charge in [-0.1, -0.05) is 5.16 Å². The van der Waals surface area contributed by atoms with Crippen LogP contribution < -0.4 is 4.90 Å². The highest BCUT2D eigenvalue weighted by molar-refractivity contribution is 5.94. The van der Waals surface area contributed by atoms with Crippen molar-refractivity contribution in [3.63, 3.8) is 0 Å². The van der Waals surface area contributed by atoms with Crippen molar-refractivity contribution in [2.45, 2.75) is 26.4 Å². The fourth-order valence-electron chi connectivity index (χ4n) is 2.78. The normalized spacial score (nSPS) is 17.6. The van der Waals surface area contributed by atoms with Gasteiger partial charge in [0, 0.05) is 51.8 Å². The van der Waals surface area contributed by atoms with Crippen LogP contribution in [0.5, 0.6) is 0 Å². The molecule has 2 aromatic heterocycles. The summed E-state index contributed by atoms with van der Waals surface area (Å²) in [6, 6.07) is 3.58. The van der Waals surface area contributed by atoms with E-state index in [1.165, 1.54) is 0 Å². The van der Waals surface area contributed by atoms with Gasteiger partial charge in [0.1, 0.15) is 5.82 Å². The highest BCUT2D eigenvalue weighted by Gasteiger charge is 2.20. The van der Waals surface area contributed by atoms with E-state index in [9.17, 15) is 4.79 Å². The van der Waals surface area contributed by atoms with Gasteiger partial charge in [-0.3, -0.25) is 4.79 Å². The molecule has 1 fully saturated rings. The Morgan fingerprint density at radius 3 is 3.04 bits per heavy atom. The predicted octanol–water partition coefficient (Wildman–Crippen LogP) is 1.31. The van der Waals surface area contributed by atoms with Crippen LogP contribution in [0.2, 0.25) is 0 Å². The number of aryl methyl sites for hydroxylation is 1. The van der Waals surface area contributed by atoms with Crippen LogP contribution in [0.4, 0.5) is 5.82 Å². The van der Waals surface area contributed by atoms with Crippen LogP contribution in [0.25, 0.3) is 0 Å². The lowest BCUT2D eigenvalue weighted by Crippen LogP contribution is -2.41. The molecule has 3 rings (SSSR count). The molecule has 0 N–H and O–H groups in total. The zero-order valence-electron chi connectivity index (χ0n) is 14.8. The number of carbonyl (C=O) groups excluding carboxylic acids is 1. The molecule has 1 unspecified atom stereocenters. The molecule has 0 radical (unpaired) electrons. The quantitative estimate of drug-likeness (QED) is 0.808. The summed E-state index contributed by atoms with van der Waals surface area (Å²) in [6.45, 7) is 6.53. The number of anilines is 1. The standard InChI is InChI=1S/C17H23N5O3/c1-12-11-22(8-9-24-12)16-10-14(4-6-18-16)17(23)21(3)7-5-15-19-13(2)25-20-15/h4,6,10,12H,5,7-9,11H2,1-3H3. The molecule has 134 valence electrons. The molecule has 8 heteroatoms. The third-order valence-electron chi connectivity index (χ3n) is 4.14. The molecule has 3 heterocycles. The van der Waals surface area contributed by atoms with Crippen molar-refractivity contribution in [3.8, 4) is 0 Å². The second kappa shape index (κ2) is 7.60. The van der Waals surface area contributed by atoms with E-state index in [1.54, 1.807) is 31.1 Å². The minimum atomic E-state index is -0.0508. The van der Waals surface area contributed by atoms with Crippen molar-refractivity contribution in [3.05, 3.63) is 35.6 Å². The van der Waals surface area contributed by atoms with E-state index in [1.807, 2.05) is 13.0 Å². The number of ether oxygens (including phenoxy) is 1. The van der Waals surface area contributed by atoms with Crippen molar-refractivity contribution in [1.82, 2.24) is 20.0 Å². The Bertz CT molecular complexity index is 733. The fraction of sp³-hybridized carbons (Fsp3) is 0.529. The van der Waals surface area contributed by atoms with E-state index < -0.39 is 0 Å². The molecule has 0 bridgehead atoms. The number of carbonyl (C=O) groups is 1. The van der Waals surface area contributed by atoms with Gasteiger partial charge in [0.2, 0.25) is 5.89 Å². The van der Waals surface area contributed by atoms with Crippen LogP contribution in [-0.4, -0.2) is 65.3 Å². The lowest BCUT2D eigenvalue weighted by Gasteiger charge is -2.32. The van der Waals surface area contributed by atoms with Crippen LogP contribution in [0, 0.1) is 6.92 Å². The lowest BCUT2D eigenvalue weighted by atomic mass is 10.2. The number of hydrogen-bond acceptors (Lipinski definition) is 7. The van der Waals surface area contributed by atoms with Crippen molar-refractivity contribution < 1.29 is 14.1 Å². The first-order chi connectivity index (χ1) is 12.0. The summed E-state index contributed by atoms with van der Waals surface area (Å²) in [5.74, 6) is 1.89. The summed E-state index contributed by atoms with van der Waals surface area (Å²) >= 11 is 0. The Balaban J connectivity index is 1.64. The summed E-state index contributed by atoms with van der Waals surface area (Å²) < 4.78 is 10.5. The molecule has 8 nitrogen and oxygen atoms in total. The topological polar surface area (TPSA) is 84.6 Å². The number of likely N-dealkylation sites (N-methyl/N-ethyl adjacent to an activating group) is 1. The third kappa shape index (κ3) is 4.33. The van der Waals surface area contributed by atoms with Gasteiger partial charge >= 0.3 is 0 Å². The predicted molar refractivity (Wildman–Crippen MR) is 91.6 cm³/mol. The highest BCUT2D eigenvalue weighted by atomic mass is 16.5. The average molecular weight is 345 g/mol. The monoisotopic (exact) mass is 345 g/mol. The molecule has 0 aromatic carbocycles. The molecule has 2 aromatic rings. The molecule has 0 saturated carbocycles. The highest BCUT2D eigenvalue weighted by Crippen LogP contribution is 2.17. The minimum absolute atomic E-state index is 0.0508. The van der Waals surface area contributed by atoms with E-state index in [2.05, 4.69) is 20.0 Å². The van der Waals surface area contributed by atoms with E-state index in [4.69, 9.17) is 9.26 Å². The molecule has 0 aliphatic carbocycles. The van der Waals surface area contributed by atoms with Gasteiger partial charge < -0.3 is 19.1 Å². The molecular weight excluding hydrogens is 322 g/mol. The van der Waals surface area contributed by atoms with Crippen LogP contribution in [0.15, 0.2) is 22.9 Å². The maximum absolute atomic E-state index is 12.7. The molecule has 1 aliphatic rings. The van der Waals surface area contributed by atoms with Crippen molar-refractivity contribution in [2.75, 3.05) is 38.2 Å². The van der Waals surface area contributed by atoms with E-state index in [-0.39, 0.29) is 12.0 Å². The zero-order chi connectivity index (χ0) is 17.8. The Morgan fingerprint density at radius 1 is 1.48 bits per heavy atom. The third-order valence-corrected chi connectivity index (χ3v) is 4.14. The molecule has 25 heavy (non-hydrogen) atoms. The SMILES string of the molecule is Cc1nc(CCN(C)C(=O)c2ccnc(N3CCOC(C)C3)c2)no1. The van der Waals surface area contributed by atoms with E-state index >= 15 is 0 Å². The first-order valence-corrected chi connectivity index (χ1v) is 8.40. The Morgan fingerprint density at radius 2 is 2.32 bits per heavy atom. The van der Waals surface area contributed by atoms with Gasteiger partial charge in [-0.2, -0.15) is 4.98 Å². The van der Waals surface area contributed by atoms with E-state index in [0.717, 1.165) is 18.9 Å². The maximum Gasteiger partial charge on any atom is 0.253 e. The number of aromatic nitrogens is 3. The number of morpholine rings is 1. The maximum atomic E-state index is 12.7. The second-order valence-electron chi connectivity index (χ2n) is 6.24. The van der Waals surface area contributed by atoms with Crippen molar-refractivity contribution in [2.24, 2.45) is 0 Å². The van der Waals surface area contributed by atoms with Crippen molar-refractivity contribution in [1.29, 1.82) is 0 Å². The van der Waals surface area contributed by atoms with Gasteiger partial charge in [0.05, 0.1) is 12.7 Å². The van der Waals surface area contributed by atoms with Crippen LogP contribution in [0.1, 0.15) is 29.0 Å². The smallest absolute Gasteiger partial charge is 0.253 e. The first kappa shape index (κ1) is 17.3. The van der Waals surface area contributed by atoms with Gasteiger partial charge in [-0.15, -0.1) is 0 Å². The van der Waals surface area contributed by atoms with E-state index in [0.29, 0.717) is 36.9 Å². The minimum Gasteiger partial charge on any atom is -0.375 e. The number of rotatable bonds is 5. The molecule has 1 saturated heterocycles. The van der Waals surface area contributed by atoms with Crippen LogP contribution in [-0.2, 0) is 11.2 Å². The summed E-state index contributed by atoms with van der Waals surface area (Å²) in [7, 11) is 1.77. The Hall–Kier alpha value is -2.48. The lowest BCUT2D eigenvalue weighted by molar-refractivity contribution is 0.0529. The van der Waals surface area contributed by atoms with Crippen LogP contribution in [0.3, 0.4) is 0 Å². The van der Waals surface area contributed by atoms with Gasteiger partial charge in [-0.05, 0) is 19.1 Å². The number of pyridine rings is 1. The number of hydrogen-bond donors (Lipinski definition) is 0. The summed E-state index contributed by atoms with van der Waals surface area (Å²) in [5.41, 5.74) is 0.621. The molecule has 0 spiro atoms. The molecule has 1 amide bonds. The summed E-state index contributed by atoms with van der Waals surface area (Å²) in [5, 5.41) is 3.85. The van der Waals surface area contributed by atoms with Gasteiger partial charge in [0.25, 0.3) is 5.91 Å². The Kier molecular flexibility index (Phi) is 5.28. The summed E-state index contributed by atoms with van der Waals surface area (Å²) in [4.78, 5) is 25.0. The number of nitrogens with zero attached hydrogens (tertiary/aromatic N) is 5. The molecular formula is C17H23N5O3. The molecule has 1 atom stereocenters.